The van der Waals surface area contributed by atoms with Crippen LogP contribution in [0.1, 0.15) is 38.7 Å². The van der Waals surface area contributed by atoms with Gasteiger partial charge in [-0.05, 0) is 36.2 Å². The molecule has 3 aliphatic rings. The molecule has 3 fully saturated rings. The second-order valence-electron chi connectivity index (χ2n) is 7.72. The van der Waals surface area contributed by atoms with Crippen LogP contribution in [0.2, 0.25) is 0 Å². The van der Waals surface area contributed by atoms with Crippen molar-refractivity contribution >= 4 is 11.8 Å². The van der Waals surface area contributed by atoms with Crippen LogP contribution in [0.15, 0.2) is 30.3 Å². The first-order valence-corrected chi connectivity index (χ1v) is 9.55. The lowest BCUT2D eigenvalue weighted by atomic mass is 9.69. The minimum atomic E-state index is 0.217. The van der Waals surface area contributed by atoms with E-state index < -0.39 is 0 Å². The molecule has 2 nitrogen and oxygen atoms in total. The molecule has 4 atom stereocenters. The molecule has 1 saturated heterocycles. The zero-order valence-electron chi connectivity index (χ0n) is 13.6. The van der Waals surface area contributed by atoms with Gasteiger partial charge in [0, 0.05) is 11.2 Å². The van der Waals surface area contributed by atoms with Gasteiger partial charge in [-0.1, -0.05) is 44.2 Å². The van der Waals surface area contributed by atoms with Crippen molar-refractivity contribution in [3.8, 4) is 0 Å². The average molecular weight is 318 g/mol. The molecule has 3 heteroatoms. The highest BCUT2D eigenvalue weighted by atomic mass is 32.2. The summed E-state index contributed by atoms with van der Waals surface area (Å²) in [5, 5.41) is 0. The molecule has 0 N–H and O–H groups in total. The van der Waals surface area contributed by atoms with E-state index in [0.29, 0.717) is 30.1 Å². The number of rotatable bonds is 4. The maximum Gasteiger partial charge on any atom is 0.127 e. The largest absolute Gasteiger partial charge is 0.373 e. The van der Waals surface area contributed by atoms with Crippen LogP contribution in [0, 0.1) is 16.7 Å². The molecule has 2 aliphatic carbocycles. The normalized spacial score (nSPS) is 38.9. The Bertz CT molecular complexity index is 529. The van der Waals surface area contributed by atoms with E-state index in [-0.39, 0.29) is 5.44 Å². The van der Waals surface area contributed by atoms with Crippen LogP contribution in [0.3, 0.4) is 0 Å². The topological polar surface area (TPSA) is 18.5 Å². The number of ether oxygens (including phenoxy) is 2. The van der Waals surface area contributed by atoms with E-state index >= 15 is 0 Å². The first-order chi connectivity index (χ1) is 10.6. The third-order valence-corrected chi connectivity index (χ3v) is 7.87. The number of thioether (sulfide) groups is 1. The standard InChI is InChI=1S/C19H26O2S/c1-18(2)15-8-9-19(18)13-22-17(21-16(19)10-15)12-20-11-14-6-4-3-5-7-14/h3-7,15-17H,8-13H2,1-2H3/t15-,16-,17-,19-/m1/s1. The molecule has 0 amide bonds. The van der Waals surface area contributed by atoms with Crippen LogP contribution in [-0.2, 0) is 16.1 Å². The zero-order chi connectivity index (χ0) is 15.2. The summed E-state index contributed by atoms with van der Waals surface area (Å²) in [5.74, 6) is 2.11. The van der Waals surface area contributed by atoms with Crippen molar-refractivity contribution < 1.29 is 9.47 Å². The number of hydrogen-bond donors (Lipinski definition) is 0. The molecule has 4 rings (SSSR count). The zero-order valence-corrected chi connectivity index (χ0v) is 14.4. The summed E-state index contributed by atoms with van der Waals surface area (Å²) >= 11 is 1.98. The van der Waals surface area contributed by atoms with Crippen molar-refractivity contribution in [2.45, 2.75) is 51.3 Å². The van der Waals surface area contributed by atoms with Crippen molar-refractivity contribution in [2.75, 3.05) is 12.4 Å². The highest BCUT2D eigenvalue weighted by Gasteiger charge is 2.66. The van der Waals surface area contributed by atoms with Crippen LogP contribution in [0.5, 0.6) is 0 Å². The molecule has 22 heavy (non-hydrogen) atoms. The van der Waals surface area contributed by atoms with Gasteiger partial charge in [0.05, 0.1) is 19.3 Å². The molecule has 1 aliphatic heterocycles. The van der Waals surface area contributed by atoms with Crippen molar-refractivity contribution in [2.24, 2.45) is 16.7 Å². The Kier molecular flexibility index (Phi) is 3.79. The van der Waals surface area contributed by atoms with Crippen LogP contribution in [0.4, 0.5) is 0 Å². The van der Waals surface area contributed by atoms with E-state index in [2.05, 4.69) is 38.1 Å². The van der Waals surface area contributed by atoms with Gasteiger partial charge in [-0.2, -0.15) is 0 Å². The molecule has 1 spiro atoms. The smallest absolute Gasteiger partial charge is 0.127 e. The summed E-state index contributed by atoms with van der Waals surface area (Å²) in [6.07, 6.45) is 4.50. The summed E-state index contributed by atoms with van der Waals surface area (Å²) in [5.41, 5.74) is 2.34. The highest BCUT2D eigenvalue weighted by Crippen LogP contribution is 2.69. The molecule has 0 aromatic heterocycles. The number of hydrogen-bond acceptors (Lipinski definition) is 3. The van der Waals surface area contributed by atoms with Crippen molar-refractivity contribution in [3.05, 3.63) is 35.9 Å². The van der Waals surface area contributed by atoms with E-state index in [1.54, 1.807) is 0 Å². The average Bonchev–Trinajstić information content (AvgIpc) is 2.90. The molecule has 1 aromatic rings. The van der Waals surface area contributed by atoms with Crippen molar-refractivity contribution in [1.29, 1.82) is 0 Å². The second-order valence-corrected chi connectivity index (χ2v) is 8.86. The summed E-state index contributed by atoms with van der Waals surface area (Å²) in [6, 6.07) is 10.4. The summed E-state index contributed by atoms with van der Waals surface area (Å²) < 4.78 is 12.3. The minimum Gasteiger partial charge on any atom is -0.373 e. The first kappa shape index (κ1) is 15.0. The predicted octanol–water partition coefficient (Wildman–Crippen LogP) is 4.49. The maximum absolute atomic E-state index is 6.45. The van der Waals surface area contributed by atoms with Gasteiger partial charge in [-0.25, -0.2) is 0 Å². The molecular weight excluding hydrogens is 292 g/mol. The van der Waals surface area contributed by atoms with Crippen LogP contribution in [0.25, 0.3) is 0 Å². The third kappa shape index (κ3) is 2.24. The maximum atomic E-state index is 6.45. The van der Waals surface area contributed by atoms with Gasteiger partial charge in [-0.3, -0.25) is 0 Å². The quantitative estimate of drug-likeness (QED) is 0.815. The highest BCUT2D eigenvalue weighted by molar-refractivity contribution is 7.99. The first-order valence-electron chi connectivity index (χ1n) is 8.50. The minimum absolute atomic E-state index is 0.217. The molecule has 1 aromatic carbocycles. The predicted molar refractivity (Wildman–Crippen MR) is 90.8 cm³/mol. The molecule has 0 radical (unpaired) electrons. The van der Waals surface area contributed by atoms with Gasteiger partial charge in [0.2, 0.25) is 0 Å². The van der Waals surface area contributed by atoms with Crippen LogP contribution in [-0.4, -0.2) is 23.9 Å². The van der Waals surface area contributed by atoms with Crippen LogP contribution >= 0.6 is 11.8 Å². The van der Waals surface area contributed by atoms with Crippen molar-refractivity contribution in [3.63, 3.8) is 0 Å². The molecule has 1 heterocycles. The lowest BCUT2D eigenvalue weighted by molar-refractivity contribution is -0.0876. The molecular formula is C19H26O2S. The molecule has 0 unspecified atom stereocenters. The Labute approximate surface area is 138 Å². The Balaban J connectivity index is 1.33. The van der Waals surface area contributed by atoms with E-state index in [9.17, 15) is 0 Å². The second kappa shape index (κ2) is 5.54. The van der Waals surface area contributed by atoms with E-state index in [4.69, 9.17) is 9.47 Å². The van der Waals surface area contributed by atoms with Crippen LogP contribution < -0.4 is 0 Å². The Morgan fingerprint density at radius 1 is 1.27 bits per heavy atom. The Morgan fingerprint density at radius 2 is 2.09 bits per heavy atom. The lowest BCUT2D eigenvalue weighted by Crippen LogP contribution is -2.48. The summed E-state index contributed by atoms with van der Waals surface area (Å²) in [7, 11) is 0. The Morgan fingerprint density at radius 3 is 2.86 bits per heavy atom. The fourth-order valence-electron chi connectivity index (χ4n) is 4.93. The van der Waals surface area contributed by atoms with Gasteiger partial charge in [0.25, 0.3) is 0 Å². The number of fused-ring (bicyclic) bond motifs is 1. The van der Waals surface area contributed by atoms with Gasteiger partial charge in [0.15, 0.2) is 0 Å². The lowest BCUT2D eigenvalue weighted by Gasteiger charge is -2.47. The summed E-state index contributed by atoms with van der Waals surface area (Å²) in [4.78, 5) is 0. The number of benzene rings is 1. The summed E-state index contributed by atoms with van der Waals surface area (Å²) in [6.45, 7) is 6.34. The van der Waals surface area contributed by atoms with E-state index in [1.807, 2.05) is 17.8 Å². The fourth-order valence-corrected chi connectivity index (χ4v) is 6.52. The third-order valence-electron chi connectivity index (χ3n) is 6.57. The van der Waals surface area contributed by atoms with E-state index in [0.717, 1.165) is 5.92 Å². The fraction of sp³-hybridized carbons (Fsp3) is 0.684. The van der Waals surface area contributed by atoms with Crippen molar-refractivity contribution in [1.82, 2.24) is 0 Å². The van der Waals surface area contributed by atoms with E-state index in [1.165, 1.54) is 30.6 Å². The monoisotopic (exact) mass is 318 g/mol. The van der Waals surface area contributed by atoms with Gasteiger partial charge < -0.3 is 9.47 Å². The van der Waals surface area contributed by atoms with Gasteiger partial charge >= 0.3 is 0 Å². The SMILES string of the molecule is CC1(C)[C@@H]2CC[C@]13CS[C@H](COCc1ccccc1)O[C@@H]3C2. The Hall–Kier alpha value is -0.510. The molecule has 120 valence electrons. The molecule has 2 bridgehead atoms. The molecule has 2 saturated carbocycles. The van der Waals surface area contributed by atoms with Gasteiger partial charge in [0.1, 0.15) is 5.44 Å². The van der Waals surface area contributed by atoms with Gasteiger partial charge in [-0.15, -0.1) is 11.8 Å².